The molecule has 6 unspecified atom stereocenters. The van der Waals surface area contributed by atoms with Crippen LogP contribution in [0.5, 0.6) is 0 Å². The Bertz CT molecular complexity index is 1070. The standard InChI is InChI=1S/C57H108O9/c1-3-5-7-9-11-13-15-17-19-21-23-25-27-29-31-33-35-37-39-41-43-45-47-63-49-51(50-64-57-56(62)55(61)54(60)52(48-58)66-57)65-53(59)46-44-42-40-38-36-34-32-30-28-26-24-22-20-18-16-14-12-10-8-6-4-2/h15,17,21,23,51-52,54-58,60-62H,3-14,16,18-20,22,24-50H2,1-2H3/b17-15-,23-21-. The molecule has 1 rings (SSSR count). The van der Waals surface area contributed by atoms with Crippen LogP contribution in [0, 0.1) is 0 Å². The fourth-order valence-corrected chi connectivity index (χ4v) is 8.94. The van der Waals surface area contributed by atoms with Gasteiger partial charge < -0.3 is 39.4 Å². The van der Waals surface area contributed by atoms with Crippen LogP contribution in [-0.4, -0.2) is 89.6 Å². The Kier molecular flexibility index (Phi) is 46.2. The van der Waals surface area contributed by atoms with Crippen molar-refractivity contribution in [3.63, 3.8) is 0 Å². The summed E-state index contributed by atoms with van der Waals surface area (Å²) in [6.07, 6.45) is 52.2. The number of hydrogen-bond donors (Lipinski definition) is 4. The first-order valence-corrected chi connectivity index (χ1v) is 28.4. The molecule has 4 N–H and O–H groups in total. The Morgan fingerprint density at radius 3 is 1.30 bits per heavy atom. The van der Waals surface area contributed by atoms with Gasteiger partial charge in [-0.3, -0.25) is 4.79 Å². The van der Waals surface area contributed by atoms with Gasteiger partial charge in [0.2, 0.25) is 0 Å². The zero-order valence-corrected chi connectivity index (χ0v) is 43.2. The van der Waals surface area contributed by atoms with Crippen LogP contribution in [0.1, 0.15) is 271 Å². The maximum absolute atomic E-state index is 12.9. The number of unbranched alkanes of at least 4 members (excludes halogenated alkanes) is 35. The summed E-state index contributed by atoms with van der Waals surface area (Å²) < 4.78 is 23.0. The summed E-state index contributed by atoms with van der Waals surface area (Å²) in [5.41, 5.74) is 0. The lowest BCUT2D eigenvalue weighted by molar-refractivity contribution is -0.305. The summed E-state index contributed by atoms with van der Waals surface area (Å²) in [5.74, 6) is -0.308. The molecule has 390 valence electrons. The normalized spacial score (nSPS) is 19.4. The van der Waals surface area contributed by atoms with E-state index in [9.17, 15) is 25.2 Å². The molecule has 1 aliphatic rings. The molecule has 0 aromatic rings. The second-order valence-corrected chi connectivity index (χ2v) is 19.7. The largest absolute Gasteiger partial charge is 0.457 e. The lowest BCUT2D eigenvalue weighted by atomic mass is 9.99. The van der Waals surface area contributed by atoms with Crippen LogP contribution >= 0.6 is 0 Å². The van der Waals surface area contributed by atoms with Gasteiger partial charge in [0.05, 0.1) is 19.8 Å². The molecule has 0 saturated carbocycles. The smallest absolute Gasteiger partial charge is 0.306 e. The van der Waals surface area contributed by atoms with Crippen molar-refractivity contribution in [1.82, 2.24) is 0 Å². The summed E-state index contributed by atoms with van der Waals surface area (Å²) in [6.45, 7) is 4.60. The summed E-state index contributed by atoms with van der Waals surface area (Å²) in [5, 5.41) is 40.3. The second kappa shape index (κ2) is 48.7. The molecule has 1 fully saturated rings. The summed E-state index contributed by atoms with van der Waals surface area (Å²) in [4.78, 5) is 12.9. The minimum absolute atomic E-state index is 0.110. The highest BCUT2D eigenvalue weighted by atomic mass is 16.7. The molecule has 0 radical (unpaired) electrons. The third-order valence-corrected chi connectivity index (χ3v) is 13.4. The van der Waals surface area contributed by atoms with Gasteiger partial charge in [-0.25, -0.2) is 0 Å². The van der Waals surface area contributed by atoms with E-state index in [1.807, 2.05) is 0 Å². The molecule has 0 aromatic heterocycles. The quantitative estimate of drug-likeness (QED) is 0.0267. The molecular weight excluding hydrogens is 829 g/mol. The zero-order chi connectivity index (χ0) is 47.8. The van der Waals surface area contributed by atoms with E-state index in [1.165, 1.54) is 212 Å². The first-order valence-electron chi connectivity index (χ1n) is 28.4. The van der Waals surface area contributed by atoms with Gasteiger partial charge in [-0.15, -0.1) is 0 Å². The first-order chi connectivity index (χ1) is 32.4. The number of aliphatic hydroxyl groups is 4. The van der Waals surface area contributed by atoms with Gasteiger partial charge in [0.15, 0.2) is 6.29 Å². The predicted molar refractivity (Wildman–Crippen MR) is 275 cm³/mol. The van der Waals surface area contributed by atoms with Crippen LogP contribution in [0.4, 0.5) is 0 Å². The van der Waals surface area contributed by atoms with Gasteiger partial charge in [0, 0.05) is 13.0 Å². The zero-order valence-electron chi connectivity index (χ0n) is 43.2. The first kappa shape index (κ1) is 62.7. The molecule has 6 atom stereocenters. The van der Waals surface area contributed by atoms with Crippen molar-refractivity contribution in [1.29, 1.82) is 0 Å². The third kappa shape index (κ3) is 38.5. The molecule has 0 aliphatic carbocycles. The highest BCUT2D eigenvalue weighted by Crippen LogP contribution is 2.23. The van der Waals surface area contributed by atoms with E-state index in [4.69, 9.17) is 18.9 Å². The molecule has 9 nitrogen and oxygen atoms in total. The molecule has 0 spiro atoms. The summed E-state index contributed by atoms with van der Waals surface area (Å²) in [7, 11) is 0. The van der Waals surface area contributed by atoms with E-state index in [2.05, 4.69) is 38.2 Å². The van der Waals surface area contributed by atoms with Crippen molar-refractivity contribution in [2.45, 2.75) is 307 Å². The molecule has 1 aliphatic heterocycles. The molecule has 0 amide bonds. The molecule has 1 heterocycles. The molecule has 66 heavy (non-hydrogen) atoms. The van der Waals surface area contributed by atoms with E-state index in [0.717, 1.165) is 38.5 Å². The fraction of sp³-hybridized carbons (Fsp3) is 0.912. The number of rotatable bonds is 50. The number of aliphatic hydroxyl groups excluding tert-OH is 4. The summed E-state index contributed by atoms with van der Waals surface area (Å²) in [6, 6.07) is 0. The average Bonchev–Trinajstić information content (AvgIpc) is 3.32. The Balaban J connectivity index is 2.15. The van der Waals surface area contributed by atoms with Gasteiger partial charge in [0.25, 0.3) is 0 Å². The third-order valence-electron chi connectivity index (χ3n) is 13.4. The van der Waals surface area contributed by atoms with Gasteiger partial charge in [0.1, 0.15) is 30.5 Å². The van der Waals surface area contributed by atoms with Crippen molar-refractivity contribution in [3.8, 4) is 0 Å². The fourth-order valence-electron chi connectivity index (χ4n) is 8.94. The Morgan fingerprint density at radius 2 is 0.879 bits per heavy atom. The molecule has 0 aromatic carbocycles. The molecular formula is C57H108O9. The number of carbonyl (C=O) groups is 1. The maximum Gasteiger partial charge on any atom is 0.306 e. The van der Waals surface area contributed by atoms with Crippen molar-refractivity contribution in [3.05, 3.63) is 24.3 Å². The van der Waals surface area contributed by atoms with Gasteiger partial charge in [-0.1, -0.05) is 244 Å². The summed E-state index contributed by atoms with van der Waals surface area (Å²) >= 11 is 0. The number of allylic oxidation sites excluding steroid dienone is 4. The average molecular weight is 937 g/mol. The van der Waals surface area contributed by atoms with E-state index in [-0.39, 0.29) is 19.2 Å². The number of esters is 1. The highest BCUT2D eigenvalue weighted by molar-refractivity contribution is 5.69. The molecule has 9 heteroatoms. The van der Waals surface area contributed by atoms with Crippen molar-refractivity contribution in [2.75, 3.05) is 26.4 Å². The predicted octanol–water partition coefficient (Wildman–Crippen LogP) is 14.5. The highest BCUT2D eigenvalue weighted by Gasteiger charge is 2.44. The lowest BCUT2D eigenvalue weighted by Crippen LogP contribution is -2.59. The van der Waals surface area contributed by atoms with E-state index < -0.39 is 43.4 Å². The van der Waals surface area contributed by atoms with Crippen LogP contribution in [0.25, 0.3) is 0 Å². The van der Waals surface area contributed by atoms with E-state index >= 15 is 0 Å². The second-order valence-electron chi connectivity index (χ2n) is 19.7. The van der Waals surface area contributed by atoms with Gasteiger partial charge in [-0.2, -0.15) is 0 Å². The van der Waals surface area contributed by atoms with Crippen LogP contribution in [0.15, 0.2) is 24.3 Å². The number of carbonyl (C=O) groups excluding carboxylic acids is 1. The van der Waals surface area contributed by atoms with Gasteiger partial charge in [-0.05, 0) is 44.9 Å². The van der Waals surface area contributed by atoms with Gasteiger partial charge >= 0.3 is 5.97 Å². The van der Waals surface area contributed by atoms with Crippen LogP contribution in [0.2, 0.25) is 0 Å². The minimum Gasteiger partial charge on any atom is -0.457 e. The number of ether oxygens (including phenoxy) is 4. The Labute approximate surface area is 407 Å². The molecule has 1 saturated heterocycles. The Morgan fingerprint density at radius 1 is 0.485 bits per heavy atom. The van der Waals surface area contributed by atoms with Crippen LogP contribution in [0.3, 0.4) is 0 Å². The van der Waals surface area contributed by atoms with Crippen LogP contribution in [-0.2, 0) is 23.7 Å². The molecule has 0 bridgehead atoms. The SMILES string of the molecule is CCCCCCC/C=C\C/C=C\CCCCCCCCCCCCOCC(COC1OC(CO)C(O)C(O)C1O)OC(=O)CCCCCCCCCCCCCCCCCCCCCCC. The maximum atomic E-state index is 12.9. The number of hydrogen-bond acceptors (Lipinski definition) is 9. The van der Waals surface area contributed by atoms with Crippen molar-refractivity contribution < 1.29 is 44.2 Å². The van der Waals surface area contributed by atoms with Crippen molar-refractivity contribution in [2.24, 2.45) is 0 Å². The lowest BCUT2D eigenvalue weighted by Gasteiger charge is -2.39. The minimum atomic E-state index is -1.54. The topological polar surface area (TPSA) is 135 Å². The Hall–Kier alpha value is -1.33. The van der Waals surface area contributed by atoms with E-state index in [1.54, 1.807) is 0 Å². The van der Waals surface area contributed by atoms with Crippen molar-refractivity contribution >= 4 is 5.97 Å². The van der Waals surface area contributed by atoms with E-state index in [0.29, 0.717) is 13.0 Å². The monoisotopic (exact) mass is 937 g/mol. The van der Waals surface area contributed by atoms with Crippen LogP contribution < -0.4 is 0 Å².